The number of aryl methyl sites for hydroxylation is 1. The van der Waals surface area contributed by atoms with Gasteiger partial charge in [0.05, 0.1) is 29.2 Å². The molecule has 1 aliphatic heterocycles. The van der Waals surface area contributed by atoms with Gasteiger partial charge in [0, 0.05) is 45.3 Å². The van der Waals surface area contributed by atoms with Gasteiger partial charge in [0.15, 0.2) is 0 Å². The van der Waals surface area contributed by atoms with E-state index in [1.165, 1.54) is 0 Å². The molecule has 0 aliphatic carbocycles. The van der Waals surface area contributed by atoms with Crippen LogP contribution in [0.3, 0.4) is 0 Å². The minimum absolute atomic E-state index is 0.0225. The van der Waals surface area contributed by atoms with Crippen molar-refractivity contribution in [2.24, 2.45) is 0 Å². The first-order valence-electron chi connectivity index (χ1n) is 11.2. The molecule has 3 heterocycles. The average Bonchev–Trinajstić information content (AvgIpc) is 3.49. The maximum Gasteiger partial charge on any atom is 0.257 e. The zero-order chi connectivity index (χ0) is 22.5. The number of aromatic amines is 1. The molecule has 4 rings (SSSR count). The number of nitrogens with one attached hydrogen (secondary N) is 1. The third-order valence-corrected chi connectivity index (χ3v) is 6.03. The number of aromatic nitrogens is 4. The Morgan fingerprint density at radius 1 is 1.16 bits per heavy atom. The highest BCUT2D eigenvalue weighted by molar-refractivity contribution is 5.95. The minimum Gasteiger partial charge on any atom is -0.339 e. The van der Waals surface area contributed by atoms with E-state index < -0.39 is 0 Å². The Morgan fingerprint density at radius 3 is 2.62 bits per heavy atom. The largest absolute Gasteiger partial charge is 0.339 e. The molecule has 8 heteroatoms. The van der Waals surface area contributed by atoms with Crippen LogP contribution >= 0.6 is 0 Å². The molecular formula is C24H30N6O2. The zero-order valence-electron chi connectivity index (χ0n) is 18.7. The minimum atomic E-state index is -0.0422. The number of H-pyrrole nitrogens is 1. The van der Waals surface area contributed by atoms with Crippen LogP contribution in [-0.2, 0) is 13.1 Å². The van der Waals surface area contributed by atoms with E-state index in [0.717, 1.165) is 37.1 Å². The normalized spacial score (nSPS) is 14.5. The highest BCUT2D eigenvalue weighted by Gasteiger charge is 2.29. The van der Waals surface area contributed by atoms with Crippen LogP contribution in [0.25, 0.3) is 0 Å². The van der Waals surface area contributed by atoms with E-state index in [1.54, 1.807) is 17.3 Å². The quantitative estimate of drug-likeness (QED) is 0.618. The number of carbonyl (C=O) groups excluding carboxylic acids is 2. The summed E-state index contributed by atoms with van der Waals surface area (Å²) in [5.74, 6) is 0.155. The Bertz CT molecular complexity index is 1050. The Morgan fingerprint density at radius 2 is 1.91 bits per heavy atom. The van der Waals surface area contributed by atoms with Crippen LogP contribution in [0.5, 0.6) is 0 Å². The summed E-state index contributed by atoms with van der Waals surface area (Å²) in [6.45, 7) is 4.74. The standard InChI is InChI=1S/C24H30N6O2/c1-3-11-30-17-20(14-26-30)23(31)29-12-9-19(10-13-29)22-21(15-25-27-22)24(32)28(2)16-18-7-5-4-6-8-18/h4-8,14-15,17,19H,3,9-13,16H2,1-2H3,(H,25,27). The predicted molar refractivity (Wildman–Crippen MR) is 121 cm³/mol. The van der Waals surface area contributed by atoms with Crippen molar-refractivity contribution in [1.29, 1.82) is 0 Å². The van der Waals surface area contributed by atoms with Crippen LogP contribution in [0.15, 0.2) is 48.9 Å². The third kappa shape index (κ3) is 4.74. The number of hydrogen-bond donors (Lipinski definition) is 1. The number of piperidine rings is 1. The SMILES string of the molecule is CCCn1cc(C(=O)N2CCC(c3[nH]ncc3C(=O)N(C)Cc3ccccc3)CC2)cn1. The summed E-state index contributed by atoms with van der Waals surface area (Å²) in [6, 6.07) is 9.94. The average molecular weight is 435 g/mol. The van der Waals surface area contributed by atoms with E-state index >= 15 is 0 Å². The number of hydrogen-bond acceptors (Lipinski definition) is 4. The van der Waals surface area contributed by atoms with Gasteiger partial charge in [0.25, 0.3) is 11.8 Å². The number of nitrogens with zero attached hydrogens (tertiary/aromatic N) is 5. The molecule has 3 aromatic rings. The molecule has 1 N–H and O–H groups in total. The maximum atomic E-state index is 13.1. The summed E-state index contributed by atoms with van der Waals surface area (Å²) < 4.78 is 1.81. The van der Waals surface area contributed by atoms with Crippen molar-refractivity contribution in [3.05, 3.63) is 71.3 Å². The molecule has 2 aromatic heterocycles. The fraction of sp³-hybridized carbons (Fsp3) is 0.417. The lowest BCUT2D eigenvalue weighted by molar-refractivity contribution is 0.0707. The van der Waals surface area contributed by atoms with Gasteiger partial charge in [-0.1, -0.05) is 37.3 Å². The van der Waals surface area contributed by atoms with Crippen molar-refractivity contribution in [2.45, 2.75) is 45.2 Å². The van der Waals surface area contributed by atoms with Crippen LogP contribution < -0.4 is 0 Å². The smallest absolute Gasteiger partial charge is 0.257 e. The molecule has 32 heavy (non-hydrogen) atoms. The van der Waals surface area contributed by atoms with E-state index in [4.69, 9.17) is 0 Å². The Kier molecular flexibility index (Phi) is 6.68. The van der Waals surface area contributed by atoms with Crippen molar-refractivity contribution in [2.75, 3.05) is 20.1 Å². The van der Waals surface area contributed by atoms with Gasteiger partial charge >= 0.3 is 0 Å². The van der Waals surface area contributed by atoms with Crippen molar-refractivity contribution >= 4 is 11.8 Å². The molecular weight excluding hydrogens is 404 g/mol. The summed E-state index contributed by atoms with van der Waals surface area (Å²) in [5.41, 5.74) is 3.21. The molecule has 1 fully saturated rings. The van der Waals surface area contributed by atoms with E-state index in [0.29, 0.717) is 30.8 Å². The van der Waals surface area contributed by atoms with Gasteiger partial charge in [-0.15, -0.1) is 0 Å². The Balaban J connectivity index is 1.37. The molecule has 0 unspecified atom stereocenters. The van der Waals surface area contributed by atoms with Crippen LogP contribution in [0.1, 0.15) is 64.1 Å². The lowest BCUT2D eigenvalue weighted by Gasteiger charge is -2.31. The number of carbonyl (C=O) groups is 2. The molecule has 0 saturated carbocycles. The number of likely N-dealkylation sites (tertiary alicyclic amines) is 1. The number of benzene rings is 1. The molecule has 168 valence electrons. The summed E-state index contributed by atoms with van der Waals surface area (Å²) in [4.78, 5) is 29.5. The van der Waals surface area contributed by atoms with Crippen LogP contribution in [0.4, 0.5) is 0 Å². The highest BCUT2D eigenvalue weighted by Crippen LogP contribution is 2.30. The van der Waals surface area contributed by atoms with Crippen molar-refractivity contribution in [3.63, 3.8) is 0 Å². The number of rotatable bonds is 7. The maximum absolute atomic E-state index is 13.1. The zero-order valence-corrected chi connectivity index (χ0v) is 18.7. The lowest BCUT2D eigenvalue weighted by Crippen LogP contribution is -2.38. The molecule has 0 radical (unpaired) electrons. The second-order valence-corrected chi connectivity index (χ2v) is 8.40. The summed E-state index contributed by atoms with van der Waals surface area (Å²) in [7, 11) is 1.81. The van der Waals surface area contributed by atoms with Gasteiger partial charge < -0.3 is 9.80 Å². The first-order valence-corrected chi connectivity index (χ1v) is 11.2. The molecule has 0 bridgehead atoms. The number of amides is 2. The monoisotopic (exact) mass is 434 g/mol. The molecule has 1 saturated heterocycles. The van der Waals surface area contributed by atoms with Gasteiger partial charge in [-0.2, -0.15) is 10.2 Å². The molecule has 0 atom stereocenters. The molecule has 8 nitrogen and oxygen atoms in total. The second kappa shape index (κ2) is 9.80. The van der Waals surface area contributed by atoms with E-state index in [9.17, 15) is 9.59 Å². The second-order valence-electron chi connectivity index (χ2n) is 8.40. The van der Waals surface area contributed by atoms with E-state index in [1.807, 2.05) is 53.2 Å². The van der Waals surface area contributed by atoms with Gasteiger partial charge in [0.1, 0.15) is 0 Å². The van der Waals surface area contributed by atoms with Crippen LogP contribution in [-0.4, -0.2) is 61.7 Å². The first-order chi connectivity index (χ1) is 15.6. The van der Waals surface area contributed by atoms with Gasteiger partial charge in [-0.05, 0) is 24.8 Å². The van der Waals surface area contributed by atoms with Crippen LogP contribution in [0, 0.1) is 0 Å². The fourth-order valence-corrected chi connectivity index (χ4v) is 4.29. The summed E-state index contributed by atoms with van der Waals surface area (Å²) >= 11 is 0. The summed E-state index contributed by atoms with van der Waals surface area (Å²) in [6.07, 6.45) is 7.66. The molecule has 1 aliphatic rings. The first kappa shape index (κ1) is 21.8. The van der Waals surface area contributed by atoms with E-state index in [-0.39, 0.29) is 17.7 Å². The van der Waals surface area contributed by atoms with Crippen LogP contribution in [0.2, 0.25) is 0 Å². The van der Waals surface area contributed by atoms with Gasteiger partial charge in [0.2, 0.25) is 0 Å². The van der Waals surface area contributed by atoms with Gasteiger partial charge in [-0.3, -0.25) is 19.4 Å². The van der Waals surface area contributed by atoms with E-state index in [2.05, 4.69) is 22.2 Å². The van der Waals surface area contributed by atoms with Crippen molar-refractivity contribution in [3.8, 4) is 0 Å². The topological polar surface area (TPSA) is 87.1 Å². The highest BCUT2D eigenvalue weighted by atomic mass is 16.2. The third-order valence-electron chi connectivity index (χ3n) is 6.03. The molecule has 0 spiro atoms. The van der Waals surface area contributed by atoms with Gasteiger partial charge in [-0.25, -0.2) is 0 Å². The Labute approximate surface area is 188 Å². The fourth-order valence-electron chi connectivity index (χ4n) is 4.29. The van der Waals surface area contributed by atoms with Crippen molar-refractivity contribution in [1.82, 2.24) is 29.8 Å². The molecule has 1 aromatic carbocycles. The lowest BCUT2D eigenvalue weighted by atomic mass is 9.91. The summed E-state index contributed by atoms with van der Waals surface area (Å²) in [5, 5.41) is 11.5. The van der Waals surface area contributed by atoms with Crippen molar-refractivity contribution < 1.29 is 9.59 Å². The Hall–Kier alpha value is -3.42. The predicted octanol–water partition coefficient (Wildman–Crippen LogP) is 3.31. The molecule has 2 amide bonds.